The van der Waals surface area contributed by atoms with Gasteiger partial charge in [-0.3, -0.25) is 4.90 Å². The number of piperazine rings is 1. The van der Waals surface area contributed by atoms with Gasteiger partial charge in [0, 0.05) is 47.2 Å². The van der Waals surface area contributed by atoms with E-state index in [0.717, 1.165) is 32.7 Å². The number of nitrogens with zero attached hydrogens (tertiary/aromatic N) is 2. The van der Waals surface area contributed by atoms with Crippen LogP contribution in [0.5, 0.6) is 0 Å². The average molecular weight is 353 g/mol. The normalized spacial score (nSPS) is 18.1. The molecule has 0 spiro atoms. The molecule has 0 aromatic heterocycles. The minimum atomic E-state index is -0.0360. The number of amides is 1. The molecule has 4 heteroatoms. The van der Waals surface area contributed by atoms with Gasteiger partial charge in [0.1, 0.15) is 0 Å². The van der Waals surface area contributed by atoms with Crippen molar-refractivity contribution >= 4 is 5.91 Å². The first-order valence-electron chi connectivity index (χ1n) is 4.57. The predicted octanol–water partition coefficient (Wildman–Crippen LogP) is 0.372. The Labute approximate surface area is 94.7 Å². The van der Waals surface area contributed by atoms with Crippen molar-refractivity contribution in [2.24, 2.45) is 0 Å². The fourth-order valence-corrected chi connectivity index (χ4v) is 1.54. The maximum atomic E-state index is 10.9. The summed E-state index contributed by atoms with van der Waals surface area (Å²) in [7, 11) is 0. The van der Waals surface area contributed by atoms with Gasteiger partial charge in [-0.15, -0.1) is 0 Å². The molecule has 1 saturated heterocycles. The Morgan fingerprint density at radius 1 is 1.31 bits per heavy atom. The van der Waals surface area contributed by atoms with Crippen LogP contribution in [0.15, 0.2) is 0 Å². The van der Waals surface area contributed by atoms with Crippen LogP contribution in [0.4, 0.5) is 0 Å². The molecular formula is C9H17N2OW-. The number of rotatable bonds is 2. The zero-order valence-electron chi connectivity index (χ0n) is 8.16. The molecule has 1 rings (SSSR count). The molecule has 1 amide bonds. The van der Waals surface area contributed by atoms with Gasteiger partial charge < -0.3 is 16.6 Å². The summed E-state index contributed by atoms with van der Waals surface area (Å²) in [6, 6.07) is 0. The van der Waals surface area contributed by atoms with Crippen molar-refractivity contribution in [2.45, 2.75) is 13.3 Å². The Bertz CT molecular complexity index is 156. The van der Waals surface area contributed by atoms with E-state index in [9.17, 15) is 4.79 Å². The van der Waals surface area contributed by atoms with Crippen molar-refractivity contribution < 1.29 is 25.9 Å². The maximum absolute atomic E-state index is 10.9. The molecule has 1 aliphatic rings. The first-order chi connectivity index (χ1) is 5.74. The van der Waals surface area contributed by atoms with Gasteiger partial charge in [0.05, 0.1) is 5.91 Å². The van der Waals surface area contributed by atoms with E-state index < -0.39 is 0 Å². The summed E-state index contributed by atoms with van der Waals surface area (Å²) in [6.45, 7) is 10.5. The van der Waals surface area contributed by atoms with Crippen LogP contribution in [-0.4, -0.2) is 48.4 Å². The molecule has 0 aromatic rings. The van der Waals surface area contributed by atoms with Gasteiger partial charge in [-0.2, -0.15) is 0 Å². The van der Waals surface area contributed by atoms with Crippen LogP contribution >= 0.6 is 0 Å². The summed E-state index contributed by atoms with van der Waals surface area (Å²) >= 11 is 0. The fourth-order valence-electron chi connectivity index (χ4n) is 1.54. The van der Waals surface area contributed by atoms with E-state index in [1.807, 2.05) is 4.90 Å². The third-order valence-electron chi connectivity index (χ3n) is 2.26. The summed E-state index contributed by atoms with van der Waals surface area (Å²) in [5.74, 6) is -0.0360. The third-order valence-corrected chi connectivity index (χ3v) is 2.26. The second kappa shape index (κ2) is 6.44. The summed E-state index contributed by atoms with van der Waals surface area (Å²) in [5.41, 5.74) is 0. The summed E-state index contributed by atoms with van der Waals surface area (Å²) in [4.78, 5) is 15.1. The molecule has 0 saturated carbocycles. The molecule has 0 unspecified atom stereocenters. The maximum Gasteiger partial charge on any atom is 0.0823 e. The Kier molecular flexibility index (Phi) is 6.44. The molecular weight excluding hydrogens is 336 g/mol. The second-order valence-electron chi connectivity index (χ2n) is 3.22. The Balaban J connectivity index is 0.00000144. The van der Waals surface area contributed by atoms with Crippen molar-refractivity contribution in [1.82, 2.24) is 9.80 Å². The van der Waals surface area contributed by atoms with Crippen molar-refractivity contribution in [3.05, 3.63) is 6.92 Å². The van der Waals surface area contributed by atoms with E-state index >= 15 is 0 Å². The third kappa shape index (κ3) is 4.14. The Hall–Kier alpha value is -0.0117. The predicted molar refractivity (Wildman–Crippen MR) is 48.7 cm³/mol. The standard InChI is InChI=1S/C9H17N2O.W/c1-3-4-10-5-7-11(8-6-10)9(2)12;/h2-8H2,1H3;/q-1;. The van der Waals surface area contributed by atoms with Crippen LogP contribution in [0.2, 0.25) is 0 Å². The largest absolute Gasteiger partial charge is 0.365 e. The molecule has 76 valence electrons. The van der Waals surface area contributed by atoms with Gasteiger partial charge in [0.15, 0.2) is 0 Å². The van der Waals surface area contributed by atoms with Crippen LogP contribution in [-0.2, 0) is 25.9 Å². The van der Waals surface area contributed by atoms with Crippen LogP contribution in [0.3, 0.4) is 0 Å². The van der Waals surface area contributed by atoms with Gasteiger partial charge in [-0.1, -0.05) is 6.92 Å². The van der Waals surface area contributed by atoms with E-state index in [-0.39, 0.29) is 27.0 Å². The number of hydrogen-bond donors (Lipinski definition) is 0. The Morgan fingerprint density at radius 3 is 2.23 bits per heavy atom. The van der Waals surface area contributed by atoms with E-state index in [1.54, 1.807) is 0 Å². The Morgan fingerprint density at radius 2 is 1.85 bits per heavy atom. The van der Waals surface area contributed by atoms with Crippen molar-refractivity contribution in [3.8, 4) is 0 Å². The molecule has 0 N–H and O–H groups in total. The SMILES string of the molecule is [CH2-]C(=O)N1CCN(CCC)CC1.[W]. The van der Waals surface area contributed by atoms with Crippen molar-refractivity contribution in [2.75, 3.05) is 32.7 Å². The van der Waals surface area contributed by atoms with E-state index in [2.05, 4.69) is 18.7 Å². The summed E-state index contributed by atoms with van der Waals surface area (Å²) < 4.78 is 0. The molecule has 0 aromatic carbocycles. The second-order valence-corrected chi connectivity index (χ2v) is 3.22. The molecule has 0 radical (unpaired) electrons. The average Bonchev–Trinajstić information content (AvgIpc) is 2.06. The zero-order chi connectivity index (χ0) is 8.97. The monoisotopic (exact) mass is 353 g/mol. The fraction of sp³-hybridized carbons (Fsp3) is 0.778. The van der Waals surface area contributed by atoms with Gasteiger partial charge >= 0.3 is 0 Å². The first-order valence-corrected chi connectivity index (χ1v) is 4.57. The van der Waals surface area contributed by atoms with Crippen LogP contribution in [0.25, 0.3) is 0 Å². The molecule has 1 fully saturated rings. The molecule has 0 atom stereocenters. The van der Waals surface area contributed by atoms with Crippen LogP contribution in [0, 0.1) is 6.92 Å². The van der Waals surface area contributed by atoms with Crippen molar-refractivity contribution in [3.63, 3.8) is 0 Å². The quantitative estimate of drug-likeness (QED) is 0.670. The summed E-state index contributed by atoms with van der Waals surface area (Å²) in [5, 5.41) is 0. The number of carbonyl (C=O) groups excluding carboxylic acids is 1. The number of carbonyl (C=O) groups is 1. The molecule has 0 bridgehead atoms. The van der Waals surface area contributed by atoms with Crippen molar-refractivity contribution in [1.29, 1.82) is 0 Å². The minimum absolute atomic E-state index is 0. The van der Waals surface area contributed by atoms with E-state index in [4.69, 9.17) is 0 Å². The van der Waals surface area contributed by atoms with E-state index in [1.165, 1.54) is 6.42 Å². The summed E-state index contributed by atoms with van der Waals surface area (Å²) in [6.07, 6.45) is 1.19. The topological polar surface area (TPSA) is 23.6 Å². The molecule has 3 nitrogen and oxygen atoms in total. The van der Waals surface area contributed by atoms with Gasteiger partial charge in [-0.05, 0) is 13.0 Å². The minimum Gasteiger partial charge on any atom is -0.365 e. The van der Waals surface area contributed by atoms with Gasteiger partial charge in [-0.25, -0.2) is 0 Å². The van der Waals surface area contributed by atoms with E-state index in [0.29, 0.717) is 0 Å². The number of hydrogen-bond acceptors (Lipinski definition) is 2. The molecule has 1 aliphatic heterocycles. The molecule has 0 aliphatic carbocycles. The van der Waals surface area contributed by atoms with Crippen LogP contribution in [0.1, 0.15) is 13.3 Å². The molecule has 13 heavy (non-hydrogen) atoms. The zero-order valence-corrected chi connectivity index (χ0v) is 11.1. The van der Waals surface area contributed by atoms with Crippen LogP contribution < -0.4 is 0 Å². The van der Waals surface area contributed by atoms with Gasteiger partial charge in [0.2, 0.25) is 0 Å². The smallest absolute Gasteiger partial charge is 0.0823 e. The molecule has 1 heterocycles. The van der Waals surface area contributed by atoms with Gasteiger partial charge in [0.25, 0.3) is 0 Å². The first kappa shape index (κ1) is 13.0.